The molecule has 5 aliphatic carbocycles. The topological polar surface area (TPSA) is 6.48 Å². The third-order valence-electron chi connectivity index (χ3n) is 13.1. The van der Waals surface area contributed by atoms with Crippen LogP contribution in [0.25, 0.3) is 17.7 Å². The molecule has 9 rings (SSSR count). The number of fused-ring (bicyclic) bond motifs is 5. The van der Waals surface area contributed by atoms with Gasteiger partial charge in [-0.1, -0.05) is 155 Å². The Morgan fingerprint density at radius 3 is 2.29 bits per heavy atom. The van der Waals surface area contributed by atoms with E-state index in [0.717, 1.165) is 48.9 Å². The Bertz CT molecular complexity index is 2460. The number of nitrogens with zero attached hydrogens (tertiary/aromatic N) is 2. The minimum absolute atomic E-state index is 0.0217. The predicted octanol–water partition coefficient (Wildman–Crippen LogP) is 13.8. The molecular weight excluding hydrogens is 677 g/mol. The average molecular weight is 729 g/mol. The van der Waals surface area contributed by atoms with Gasteiger partial charge in [0, 0.05) is 34.0 Å². The fourth-order valence-corrected chi connectivity index (χ4v) is 10.4. The maximum absolute atomic E-state index is 4.19. The molecule has 0 bridgehead atoms. The number of anilines is 2. The average Bonchev–Trinajstić information content (AvgIpc) is 3.68. The molecule has 56 heavy (non-hydrogen) atoms. The maximum Gasteiger partial charge on any atom is 0.0536 e. The van der Waals surface area contributed by atoms with Crippen molar-refractivity contribution >= 4 is 29.1 Å². The van der Waals surface area contributed by atoms with Crippen LogP contribution in [0.2, 0.25) is 0 Å². The highest BCUT2D eigenvalue weighted by molar-refractivity contribution is 5.87. The molecule has 0 fully saturated rings. The highest BCUT2D eigenvalue weighted by Gasteiger charge is 2.41. The fourth-order valence-electron chi connectivity index (χ4n) is 10.4. The normalized spacial score (nSPS) is 23.1. The second-order valence-corrected chi connectivity index (χ2v) is 16.4. The van der Waals surface area contributed by atoms with Gasteiger partial charge in [-0.3, -0.25) is 0 Å². The lowest BCUT2D eigenvalue weighted by molar-refractivity contribution is 0.235. The summed E-state index contributed by atoms with van der Waals surface area (Å²) in [6.45, 7) is 19.3. The summed E-state index contributed by atoms with van der Waals surface area (Å²) >= 11 is 0. The summed E-state index contributed by atoms with van der Waals surface area (Å²) in [5.41, 5.74) is 20.2. The van der Waals surface area contributed by atoms with Crippen LogP contribution in [0.5, 0.6) is 0 Å². The number of benzene rings is 3. The van der Waals surface area contributed by atoms with Crippen LogP contribution < -0.4 is 4.90 Å². The van der Waals surface area contributed by atoms with Gasteiger partial charge in [-0.15, -0.1) is 0 Å². The van der Waals surface area contributed by atoms with Gasteiger partial charge in [0.2, 0.25) is 0 Å². The summed E-state index contributed by atoms with van der Waals surface area (Å²) in [6, 6.07) is 25.0. The van der Waals surface area contributed by atoms with Crippen molar-refractivity contribution in [1.82, 2.24) is 4.90 Å². The van der Waals surface area contributed by atoms with Crippen LogP contribution in [0, 0.1) is 0 Å². The molecule has 3 aromatic carbocycles. The minimum Gasteiger partial charge on any atom is -0.361 e. The number of para-hydroxylation sites is 1. The predicted molar refractivity (Wildman–Crippen MR) is 239 cm³/mol. The first-order valence-electron chi connectivity index (χ1n) is 20.4. The van der Waals surface area contributed by atoms with Crippen molar-refractivity contribution in [2.45, 2.75) is 76.3 Å². The fraction of sp³-hybridized carbons (Fsp3) is 0.222. The molecule has 3 unspecified atom stereocenters. The zero-order chi connectivity index (χ0) is 38.6. The summed E-state index contributed by atoms with van der Waals surface area (Å²) in [5.74, 6) is 0.302. The summed E-state index contributed by atoms with van der Waals surface area (Å²) < 4.78 is 0. The standard InChI is InChI=1S/C54H52N2/c1-7-16-39-33-42(29-23-36(39)8-2)55(43-30-31-50-47(35-43)45-18-11-13-20-49(45)54(50,5)6)41-27-24-38(25-28-41)40-26-32-53-48(34-40)46-19-12-14-21-52(46)56(53)51-22-15-17-37(9-3)44(51)10-4/h7-24,26-27,29-32,42-43,48H,2-4,25,28,33-35H2,1,5-6H3/b16-7-. The van der Waals surface area contributed by atoms with E-state index in [-0.39, 0.29) is 17.5 Å². The summed E-state index contributed by atoms with van der Waals surface area (Å²) in [7, 11) is 0. The summed E-state index contributed by atoms with van der Waals surface area (Å²) in [5, 5.41) is 0. The molecule has 6 aliphatic rings. The first-order chi connectivity index (χ1) is 27.4. The van der Waals surface area contributed by atoms with Crippen LogP contribution in [0.15, 0.2) is 193 Å². The van der Waals surface area contributed by atoms with Gasteiger partial charge in [-0.2, -0.15) is 0 Å². The lowest BCUT2D eigenvalue weighted by atomic mass is 9.79. The summed E-state index contributed by atoms with van der Waals surface area (Å²) in [6.07, 6.45) is 34.7. The molecule has 3 aromatic rings. The van der Waals surface area contributed by atoms with Crippen LogP contribution in [-0.2, 0) is 5.41 Å². The van der Waals surface area contributed by atoms with Gasteiger partial charge in [0.25, 0.3) is 0 Å². The van der Waals surface area contributed by atoms with E-state index in [4.69, 9.17) is 0 Å². The molecule has 0 amide bonds. The second kappa shape index (κ2) is 14.3. The Morgan fingerprint density at radius 1 is 0.732 bits per heavy atom. The molecule has 1 aliphatic heterocycles. The highest BCUT2D eigenvalue weighted by Crippen LogP contribution is 2.54. The zero-order valence-electron chi connectivity index (χ0n) is 33.1. The molecule has 0 radical (unpaired) electrons. The van der Waals surface area contributed by atoms with Gasteiger partial charge >= 0.3 is 0 Å². The number of hydrogen-bond acceptors (Lipinski definition) is 2. The number of hydrogen-bond donors (Lipinski definition) is 0. The van der Waals surface area contributed by atoms with Gasteiger partial charge in [0.1, 0.15) is 0 Å². The molecule has 0 saturated heterocycles. The number of rotatable bonds is 9. The monoisotopic (exact) mass is 728 g/mol. The van der Waals surface area contributed by atoms with Crippen molar-refractivity contribution < 1.29 is 0 Å². The van der Waals surface area contributed by atoms with Crippen molar-refractivity contribution in [3.05, 3.63) is 220 Å². The molecule has 278 valence electrons. The van der Waals surface area contributed by atoms with Crippen LogP contribution in [0.4, 0.5) is 11.4 Å². The van der Waals surface area contributed by atoms with E-state index in [1.165, 1.54) is 67.2 Å². The highest BCUT2D eigenvalue weighted by atomic mass is 15.2. The largest absolute Gasteiger partial charge is 0.361 e. The van der Waals surface area contributed by atoms with Crippen molar-refractivity contribution in [2.24, 2.45) is 0 Å². The van der Waals surface area contributed by atoms with E-state index in [9.17, 15) is 0 Å². The minimum atomic E-state index is 0.0217. The van der Waals surface area contributed by atoms with Gasteiger partial charge < -0.3 is 9.80 Å². The lowest BCUT2D eigenvalue weighted by Gasteiger charge is -2.43. The van der Waals surface area contributed by atoms with Crippen LogP contribution in [-0.4, -0.2) is 17.0 Å². The molecule has 0 saturated carbocycles. The first-order valence-corrected chi connectivity index (χ1v) is 20.4. The molecule has 1 heterocycles. The van der Waals surface area contributed by atoms with E-state index < -0.39 is 0 Å². The first kappa shape index (κ1) is 35.8. The van der Waals surface area contributed by atoms with E-state index >= 15 is 0 Å². The molecule has 0 aromatic heterocycles. The molecule has 3 atom stereocenters. The summed E-state index contributed by atoms with van der Waals surface area (Å²) in [4.78, 5) is 5.21. The van der Waals surface area contributed by atoms with Crippen LogP contribution in [0.3, 0.4) is 0 Å². The quantitative estimate of drug-likeness (QED) is 0.216. The lowest BCUT2D eigenvalue weighted by Crippen LogP contribution is -2.43. The van der Waals surface area contributed by atoms with Gasteiger partial charge in [-0.25, -0.2) is 0 Å². The van der Waals surface area contributed by atoms with Crippen molar-refractivity contribution in [3.8, 4) is 0 Å². The van der Waals surface area contributed by atoms with E-state index in [2.05, 4.69) is 178 Å². The Morgan fingerprint density at radius 2 is 1.50 bits per heavy atom. The third-order valence-corrected chi connectivity index (χ3v) is 13.1. The molecular formula is C54H52N2. The van der Waals surface area contributed by atoms with Crippen molar-refractivity contribution in [3.63, 3.8) is 0 Å². The Labute approximate surface area is 334 Å². The van der Waals surface area contributed by atoms with E-state index in [1.54, 1.807) is 0 Å². The third kappa shape index (κ3) is 5.77. The second-order valence-electron chi connectivity index (χ2n) is 16.4. The van der Waals surface area contributed by atoms with E-state index in [1.807, 2.05) is 18.2 Å². The zero-order valence-corrected chi connectivity index (χ0v) is 33.1. The van der Waals surface area contributed by atoms with Crippen molar-refractivity contribution in [1.29, 1.82) is 0 Å². The molecule has 2 heteroatoms. The smallest absolute Gasteiger partial charge is 0.0536 e. The molecule has 2 nitrogen and oxygen atoms in total. The Kier molecular flexibility index (Phi) is 9.17. The Balaban J connectivity index is 1.06. The van der Waals surface area contributed by atoms with Crippen molar-refractivity contribution in [2.75, 3.05) is 4.90 Å². The van der Waals surface area contributed by atoms with Crippen LogP contribution in [0.1, 0.15) is 86.6 Å². The number of allylic oxidation sites excluding steroid dienone is 15. The maximum atomic E-state index is 4.19. The van der Waals surface area contributed by atoms with E-state index in [0.29, 0.717) is 5.92 Å². The van der Waals surface area contributed by atoms with Gasteiger partial charge in [0.05, 0.1) is 17.8 Å². The Hall–Kier alpha value is -5.86. The van der Waals surface area contributed by atoms with Gasteiger partial charge in [-0.05, 0) is 119 Å². The van der Waals surface area contributed by atoms with Crippen LogP contribution >= 0.6 is 0 Å². The SMILES string of the molecule is C=CC1=C(/C=C\C)CC(N(C2=CC=C(C3=CC=C4C(C3)c3ccccc3N4c3cccc(C=C)c3C=C)CC2)C2C=CC3=C(C2)c2ccccc2C3(C)C)C=C1. The molecule has 0 spiro atoms. The van der Waals surface area contributed by atoms with Gasteiger partial charge in [0.15, 0.2) is 0 Å². The molecule has 0 N–H and O–H groups in total.